The van der Waals surface area contributed by atoms with Gasteiger partial charge in [0.15, 0.2) is 0 Å². The molecule has 1 fully saturated rings. The summed E-state index contributed by atoms with van der Waals surface area (Å²) in [6.45, 7) is 1.99. The first kappa shape index (κ1) is 16.8. The Kier molecular flexibility index (Phi) is 4.51. The minimum absolute atomic E-state index is 0.0656. The summed E-state index contributed by atoms with van der Waals surface area (Å²) in [4.78, 5) is 12.7. The molecule has 1 aliphatic carbocycles. The Morgan fingerprint density at radius 1 is 1.42 bits per heavy atom. The molecule has 4 rings (SSSR count). The predicted octanol–water partition coefficient (Wildman–Crippen LogP) is 4.26. The van der Waals surface area contributed by atoms with Gasteiger partial charge < -0.3 is 5.32 Å². The number of nitrogens with one attached hydrogen (secondary N) is 2. The summed E-state index contributed by atoms with van der Waals surface area (Å²) >= 11 is 6.05. The molecule has 1 atom stereocenters. The molecule has 3 aromatic rings. The van der Waals surface area contributed by atoms with Crippen molar-refractivity contribution in [3.8, 4) is 5.69 Å². The van der Waals surface area contributed by atoms with Crippen molar-refractivity contribution >= 4 is 23.3 Å². The lowest BCUT2D eigenvalue weighted by molar-refractivity contribution is -0.117. The third kappa shape index (κ3) is 3.51. The lowest BCUT2D eigenvalue weighted by Crippen LogP contribution is -2.20. The fourth-order valence-electron chi connectivity index (χ4n) is 3.06. The van der Waals surface area contributed by atoms with Crippen LogP contribution in [0.25, 0.3) is 5.69 Å². The molecule has 134 valence electrons. The molecular formula is C19H20ClN5O. The average Bonchev–Trinajstić information content (AvgIpc) is 3.18. The van der Waals surface area contributed by atoms with Crippen LogP contribution in [0.15, 0.2) is 42.7 Å². The number of hydrogen-bond acceptors (Lipinski definition) is 3. The maximum absolute atomic E-state index is 12.7. The van der Waals surface area contributed by atoms with Crippen molar-refractivity contribution in [1.82, 2.24) is 20.0 Å². The van der Waals surface area contributed by atoms with Gasteiger partial charge in [0.05, 0.1) is 23.5 Å². The van der Waals surface area contributed by atoms with E-state index in [1.807, 2.05) is 43.5 Å². The average molecular weight is 370 g/mol. The van der Waals surface area contributed by atoms with Gasteiger partial charge in [0, 0.05) is 28.8 Å². The molecule has 1 amide bonds. The molecule has 7 heteroatoms. The highest BCUT2D eigenvalue weighted by atomic mass is 35.5. The molecule has 2 heterocycles. The zero-order valence-corrected chi connectivity index (χ0v) is 15.2. The van der Waals surface area contributed by atoms with Gasteiger partial charge in [0.25, 0.3) is 0 Å². The van der Waals surface area contributed by atoms with E-state index in [-0.39, 0.29) is 11.8 Å². The molecule has 0 spiro atoms. The monoisotopic (exact) mass is 369 g/mol. The van der Waals surface area contributed by atoms with Gasteiger partial charge in [-0.3, -0.25) is 9.89 Å². The summed E-state index contributed by atoms with van der Waals surface area (Å²) in [6, 6.07) is 9.38. The minimum atomic E-state index is -0.282. The van der Waals surface area contributed by atoms with E-state index in [9.17, 15) is 4.79 Å². The first-order valence-corrected chi connectivity index (χ1v) is 9.18. The number of carbonyl (C=O) groups excluding carboxylic acids is 1. The van der Waals surface area contributed by atoms with Crippen LogP contribution in [0.1, 0.15) is 49.3 Å². The molecule has 0 radical (unpaired) electrons. The van der Waals surface area contributed by atoms with Crippen LogP contribution in [0.3, 0.4) is 0 Å². The first-order valence-electron chi connectivity index (χ1n) is 8.80. The molecule has 1 aromatic carbocycles. The fraction of sp³-hybridized carbons (Fsp3) is 0.316. The van der Waals surface area contributed by atoms with Crippen molar-refractivity contribution in [2.75, 3.05) is 5.32 Å². The van der Waals surface area contributed by atoms with E-state index >= 15 is 0 Å². The second-order valence-electron chi connectivity index (χ2n) is 6.63. The van der Waals surface area contributed by atoms with Crippen molar-refractivity contribution in [3.63, 3.8) is 0 Å². The Labute approximate surface area is 156 Å². The van der Waals surface area contributed by atoms with E-state index in [0.29, 0.717) is 23.2 Å². The van der Waals surface area contributed by atoms with Gasteiger partial charge in [-0.15, -0.1) is 0 Å². The van der Waals surface area contributed by atoms with E-state index in [1.165, 1.54) is 12.8 Å². The van der Waals surface area contributed by atoms with Crippen molar-refractivity contribution < 1.29 is 4.79 Å². The number of hydrogen-bond donors (Lipinski definition) is 2. The second kappa shape index (κ2) is 6.96. The summed E-state index contributed by atoms with van der Waals surface area (Å²) in [7, 11) is 0. The van der Waals surface area contributed by atoms with E-state index < -0.39 is 0 Å². The zero-order valence-electron chi connectivity index (χ0n) is 14.4. The lowest BCUT2D eigenvalue weighted by Gasteiger charge is -2.12. The van der Waals surface area contributed by atoms with Gasteiger partial charge in [0.1, 0.15) is 5.82 Å². The number of benzene rings is 1. The summed E-state index contributed by atoms with van der Waals surface area (Å²) < 4.78 is 1.73. The van der Waals surface area contributed by atoms with Crippen LogP contribution in [0.4, 0.5) is 5.82 Å². The summed E-state index contributed by atoms with van der Waals surface area (Å²) in [5.41, 5.74) is 2.76. The number of anilines is 1. The number of nitrogens with zero attached hydrogens (tertiary/aromatic N) is 3. The highest BCUT2D eigenvalue weighted by Crippen LogP contribution is 2.39. The van der Waals surface area contributed by atoms with E-state index in [0.717, 1.165) is 16.9 Å². The molecule has 0 bridgehead atoms. The van der Waals surface area contributed by atoms with Gasteiger partial charge in [0.2, 0.25) is 5.91 Å². The number of halogens is 1. The lowest BCUT2D eigenvalue weighted by atomic mass is 9.99. The van der Waals surface area contributed by atoms with E-state index in [4.69, 9.17) is 11.6 Å². The van der Waals surface area contributed by atoms with Crippen molar-refractivity contribution in [1.29, 1.82) is 0 Å². The van der Waals surface area contributed by atoms with Crippen LogP contribution < -0.4 is 5.32 Å². The van der Waals surface area contributed by atoms with Crippen molar-refractivity contribution in [3.05, 3.63) is 59.0 Å². The van der Waals surface area contributed by atoms with Gasteiger partial charge >= 0.3 is 0 Å². The molecule has 0 unspecified atom stereocenters. The molecule has 6 nitrogen and oxygen atoms in total. The number of rotatable bonds is 6. The molecule has 0 aliphatic heterocycles. The van der Waals surface area contributed by atoms with Gasteiger partial charge in [-0.25, -0.2) is 4.68 Å². The topological polar surface area (TPSA) is 75.6 Å². The van der Waals surface area contributed by atoms with Crippen LogP contribution in [0.5, 0.6) is 0 Å². The third-order valence-corrected chi connectivity index (χ3v) is 4.89. The molecule has 2 aromatic heterocycles. The van der Waals surface area contributed by atoms with Crippen LogP contribution >= 0.6 is 11.6 Å². The minimum Gasteiger partial charge on any atom is -0.311 e. The highest BCUT2D eigenvalue weighted by Gasteiger charge is 2.27. The van der Waals surface area contributed by atoms with Crippen LogP contribution in [-0.4, -0.2) is 25.9 Å². The Morgan fingerprint density at radius 3 is 3.00 bits per heavy atom. The quantitative estimate of drug-likeness (QED) is 0.681. The van der Waals surface area contributed by atoms with E-state index in [1.54, 1.807) is 10.9 Å². The van der Waals surface area contributed by atoms with Gasteiger partial charge in [-0.2, -0.15) is 10.2 Å². The summed E-state index contributed by atoms with van der Waals surface area (Å²) in [5.74, 6) is 0.854. The summed E-state index contributed by atoms with van der Waals surface area (Å²) in [5, 5.41) is 15.1. The second-order valence-corrected chi connectivity index (χ2v) is 7.07. The molecule has 26 heavy (non-hydrogen) atoms. The van der Waals surface area contributed by atoms with Gasteiger partial charge in [-0.1, -0.05) is 24.6 Å². The SMILES string of the molecule is CC[C@H](C(=O)Nc1cc(C2CC2)n[nH]1)c1cnn(-c2cccc(Cl)c2)c1. The number of aromatic amines is 1. The van der Waals surface area contributed by atoms with Gasteiger partial charge in [-0.05, 0) is 37.5 Å². The molecule has 0 saturated heterocycles. The zero-order chi connectivity index (χ0) is 18.1. The largest absolute Gasteiger partial charge is 0.311 e. The number of aromatic nitrogens is 4. The molecule has 1 aliphatic rings. The summed E-state index contributed by atoms with van der Waals surface area (Å²) in [6.07, 6.45) is 6.65. The third-order valence-electron chi connectivity index (χ3n) is 4.65. The van der Waals surface area contributed by atoms with Crippen molar-refractivity contribution in [2.24, 2.45) is 0 Å². The first-order chi connectivity index (χ1) is 12.6. The van der Waals surface area contributed by atoms with Crippen LogP contribution in [0, 0.1) is 0 Å². The molecule has 1 saturated carbocycles. The van der Waals surface area contributed by atoms with E-state index in [2.05, 4.69) is 20.6 Å². The Hall–Kier alpha value is -2.60. The maximum atomic E-state index is 12.7. The van der Waals surface area contributed by atoms with Crippen LogP contribution in [-0.2, 0) is 4.79 Å². The maximum Gasteiger partial charge on any atom is 0.233 e. The molecule has 2 N–H and O–H groups in total. The standard InChI is InChI=1S/C19H20ClN5O/c1-2-16(19(26)22-18-9-17(23-24-18)12-6-7-12)13-10-21-25(11-13)15-5-3-4-14(20)8-15/h3-5,8-12,16H,2,6-7H2,1H3,(H2,22,23,24,26)/t16-/m0/s1. The van der Waals surface area contributed by atoms with Crippen LogP contribution in [0.2, 0.25) is 5.02 Å². The highest BCUT2D eigenvalue weighted by molar-refractivity contribution is 6.30. The normalized spacial score (nSPS) is 15.0. The Balaban J connectivity index is 1.50. The number of amides is 1. The van der Waals surface area contributed by atoms with Crippen molar-refractivity contribution in [2.45, 2.75) is 38.0 Å². The Morgan fingerprint density at radius 2 is 2.27 bits per heavy atom. The fourth-order valence-corrected chi connectivity index (χ4v) is 3.24. The smallest absolute Gasteiger partial charge is 0.233 e. The Bertz CT molecular complexity index is 927. The number of carbonyl (C=O) groups is 1. The molecular weight excluding hydrogens is 350 g/mol. The predicted molar refractivity (Wildman–Crippen MR) is 101 cm³/mol. The number of H-pyrrole nitrogens is 1.